The highest BCUT2D eigenvalue weighted by atomic mass is 16.4. The number of likely N-dealkylation sites (tertiary alicyclic amines) is 1. The standard InChI is InChI=1S/C30H39N3O4/c1-4-5-15-33-27(34)26(18-21(2)3)31-29(37)30(33)13-16-32(17-14-30)20-22-7-6-8-25(19-22)23-9-11-24(12-10-23)28(35)36/h6-12,19,21,26H,4-5,13-18,20H2,1-3H3,(H,31,37)(H,35,36). The summed E-state index contributed by atoms with van der Waals surface area (Å²) < 4.78 is 0. The van der Waals surface area contributed by atoms with E-state index in [9.17, 15) is 14.4 Å². The molecule has 4 rings (SSSR count). The van der Waals surface area contributed by atoms with Gasteiger partial charge in [-0.25, -0.2) is 4.79 Å². The summed E-state index contributed by atoms with van der Waals surface area (Å²) in [4.78, 5) is 42.3. The van der Waals surface area contributed by atoms with Crippen LogP contribution in [0.15, 0.2) is 48.5 Å². The Morgan fingerprint density at radius 2 is 1.78 bits per heavy atom. The normalized spacial score (nSPS) is 19.9. The molecule has 198 valence electrons. The smallest absolute Gasteiger partial charge is 0.335 e. The fraction of sp³-hybridized carbons (Fsp3) is 0.500. The first-order chi connectivity index (χ1) is 17.7. The highest BCUT2D eigenvalue weighted by Gasteiger charge is 2.53. The number of piperidine rings is 1. The first-order valence-electron chi connectivity index (χ1n) is 13.5. The number of hydrogen-bond donors (Lipinski definition) is 2. The minimum absolute atomic E-state index is 0.0142. The van der Waals surface area contributed by atoms with Crippen molar-refractivity contribution in [1.82, 2.24) is 15.1 Å². The van der Waals surface area contributed by atoms with Gasteiger partial charge in [-0.3, -0.25) is 14.5 Å². The Kier molecular flexibility index (Phi) is 8.32. The number of nitrogens with one attached hydrogen (secondary N) is 1. The first kappa shape index (κ1) is 26.9. The molecule has 0 bridgehead atoms. The summed E-state index contributed by atoms with van der Waals surface area (Å²) in [6.07, 6.45) is 3.83. The molecule has 1 atom stereocenters. The Hall–Kier alpha value is -3.19. The average molecular weight is 506 g/mol. The van der Waals surface area contributed by atoms with Crippen molar-refractivity contribution >= 4 is 17.8 Å². The zero-order valence-corrected chi connectivity index (χ0v) is 22.2. The van der Waals surface area contributed by atoms with Crippen LogP contribution in [0.2, 0.25) is 0 Å². The number of piperazine rings is 1. The van der Waals surface area contributed by atoms with E-state index in [0.717, 1.165) is 43.6 Å². The number of carboxylic acid groups (broad SMARTS) is 1. The summed E-state index contributed by atoms with van der Waals surface area (Å²) in [5.74, 6) is -0.499. The van der Waals surface area contributed by atoms with Crippen LogP contribution in [0, 0.1) is 5.92 Å². The maximum absolute atomic E-state index is 13.5. The quantitative estimate of drug-likeness (QED) is 0.522. The second-order valence-electron chi connectivity index (χ2n) is 10.9. The number of carbonyl (C=O) groups excluding carboxylic acids is 2. The van der Waals surface area contributed by atoms with Gasteiger partial charge in [0.05, 0.1) is 5.56 Å². The van der Waals surface area contributed by atoms with Gasteiger partial charge in [0.2, 0.25) is 11.8 Å². The Labute approximate surface area is 219 Å². The topological polar surface area (TPSA) is 90.0 Å². The summed E-state index contributed by atoms with van der Waals surface area (Å²) in [6.45, 7) is 9.17. The molecular weight excluding hydrogens is 466 g/mol. The van der Waals surface area contributed by atoms with Crippen molar-refractivity contribution in [2.45, 2.75) is 71.0 Å². The molecule has 7 heteroatoms. The summed E-state index contributed by atoms with van der Waals surface area (Å²) in [5, 5.41) is 12.2. The lowest BCUT2D eigenvalue weighted by atomic mass is 9.80. The van der Waals surface area contributed by atoms with E-state index in [4.69, 9.17) is 5.11 Å². The van der Waals surface area contributed by atoms with Crippen LogP contribution in [0.25, 0.3) is 11.1 Å². The molecular formula is C30H39N3O4. The molecule has 0 radical (unpaired) electrons. The minimum atomic E-state index is -0.930. The number of rotatable bonds is 9. The van der Waals surface area contributed by atoms with Crippen molar-refractivity contribution in [1.29, 1.82) is 0 Å². The van der Waals surface area contributed by atoms with E-state index in [1.165, 1.54) is 5.56 Å². The van der Waals surface area contributed by atoms with Crippen molar-refractivity contribution in [2.75, 3.05) is 19.6 Å². The summed E-state index contributed by atoms with van der Waals surface area (Å²) in [5.41, 5.74) is 2.71. The van der Waals surface area contributed by atoms with Gasteiger partial charge in [-0.05, 0) is 66.5 Å². The number of aromatic carboxylic acids is 1. The summed E-state index contributed by atoms with van der Waals surface area (Å²) >= 11 is 0. The van der Waals surface area contributed by atoms with Crippen LogP contribution in [-0.4, -0.2) is 63.9 Å². The predicted molar refractivity (Wildman–Crippen MR) is 144 cm³/mol. The Balaban J connectivity index is 1.45. The SMILES string of the molecule is CCCCN1C(=O)C(CC(C)C)NC(=O)C12CCN(Cc1cccc(-c3ccc(C(=O)O)cc3)c1)CC2. The van der Waals surface area contributed by atoms with Crippen LogP contribution in [-0.2, 0) is 16.1 Å². The Bertz CT molecular complexity index is 1120. The van der Waals surface area contributed by atoms with Gasteiger partial charge in [-0.1, -0.05) is 57.5 Å². The van der Waals surface area contributed by atoms with Crippen molar-refractivity contribution in [3.63, 3.8) is 0 Å². The molecule has 2 aliphatic heterocycles. The van der Waals surface area contributed by atoms with Crippen LogP contribution in [0.4, 0.5) is 0 Å². The van der Waals surface area contributed by atoms with Crippen LogP contribution < -0.4 is 5.32 Å². The fourth-order valence-electron chi connectivity index (χ4n) is 5.64. The van der Waals surface area contributed by atoms with Crippen LogP contribution in [0.5, 0.6) is 0 Å². The predicted octanol–water partition coefficient (Wildman–Crippen LogP) is 4.56. The second kappa shape index (κ2) is 11.5. The molecule has 2 heterocycles. The van der Waals surface area contributed by atoms with Crippen LogP contribution in [0.1, 0.15) is 68.8 Å². The molecule has 37 heavy (non-hydrogen) atoms. The third-order valence-electron chi connectivity index (χ3n) is 7.73. The number of nitrogens with zero attached hydrogens (tertiary/aromatic N) is 2. The van der Waals surface area contributed by atoms with Gasteiger partial charge in [0.25, 0.3) is 0 Å². The number of benzene rings is 2. The van der Waals surface area contributed by atoms with Crippen molar-refractivity contribution in [3.8, 4) is 11.1 Å². The van der Waals surface area contributed by atoms with E-state index < -0.39 is 17.6 Å². The average Bonchev–Trinajstić information content (AvgIpc) is 2.88. The summed E-state index contributed by atoms with van der Waals surface area (Å²) in [7, 11) is 0. The molecule has 1 spiro atoms. The highest BCUT2D eigenvalue weighted by Crippen LogP contribution is 2.35. The van der Waals surface area contributed by atoms with Gasteiger partial charge in [0, 0.05) is 26.2 Å². The van der Waals surface area contributed by atoms with Gasteiger partial charge in [0.15, 0.2) is 0 Å². The zero-order chi connectivity index (χ0) is 26.6. The molecule has 2 aromatic rings. The first-order valence-corrected chi connectivity index (χ1v) is 13.5. The van der Waals surface area contributed by atoms with E-state index in [-0.39, 0.29) is 17.4 Å². The zero-order valence-electron chi connectivity index (χ0n) is 22.2. The molecule has 0 saturated carbocycles. The Morgan fingerprint density at radius 1 is 1.08 bits per heavy atom. The second-order valence-corrected chi connectivity index (χ2v) is 10.9. The third-order valence-corrected chi connectivity index (χ3v) is 7.73. The molecule has 2 aliphatic rings. The van der Waals surface area contributed by atoms with Gasteiger partial charge < -0.3 is 15.3 Å². The molecule has 2 saturated heterocycles. The van der Waals surface area contributed by atoms with E-state index in [2.05, 4.69) is 43.1 Å². The van der Waals surface area contributed by atoms with Gasteiger partial charge in [-0.15, -0.1) is 0 Å². The van der Waals surface area contributed by atoms with E-state index in [0.29, 0.717) is 31.7 Å². The number of amides is 2. The summed E-state index contributed by atoms with van der Waals surface area (Å²) in [6, 6.07) is 14.8. The minimum Gasteiger partial charge on any atom is -0.478 e. The van der Waals surface area contributed by atoms with Crippen molar-refractivity contribution in [3.05, 3.63) is 59.7 Å². The number of carbonyl (C=O) groups is 3. The maximum Gasteiger partial charge on any atom is 0.335 e. The number of unbranched alkanes of at least 4 members (excludes halogenated alkanes) is 1. The van der Waals surface area contributed by atoms with Crippen molar-refractivity contribution < 1.29 is 19.5 Å². The maximum atomic E-state index is 13.5. The lowest BCUT2D eigenvalue weighted by Crippen LogP contribution is -2.73. The van der Waals surface area contributed by atoms with Gasteiger partial charge in [-0.2, -0.15) is 0 Å². The molecule has 1 unspecified atom stereocenters. The Morgan fingerprint density at radius 3 is 2.41 bits per heavy atom. The van der Waals surface area contributed by atoms with Crippen LogP contribution in [0.3, 0.4) is 0 Å². The van der Waals surface area contributed by atoms with Crippen LogP contribution >= 0.6 is 0 Å². The van der Waals surface area contributed by atoms with E-state index >= 15 is 0 Å². The number of carboxylic acids is 1. The molecule has 2 aromatic carbocycles. The molecule has 7 nitrogen and oxygen atoms in total. The number of hydrogen-bond acceptors (Lipinski definition) is 4. The highest BCUT2D eigenvalue weighted by molar-refractivity contribution is 6.00. The van der Waals surface area contributed by atoms with Gasteiger partial charge in [0.1, 0.15) is 11.6 Å². The largest absolute Gasteiger partial charge is 0.478 e. The molecule has 0 aliphatic carbocycles. The monoisotopic (exact) mass is 505 g/mol. The van der Waals surface area contributed by atoms with Gasteiger partial charge >= 0.3 is 5.97 Å². The van der Waals surface area contributed by atoms with E-state index in [1.807, 2.05) is 29.2 Å². The van der Waals surface area contributed by atoms with E-state index in [1.54, 1.807) is 12.1 Å². The molecule has 2 fully saturated rings. The third kappa shape index (κ3) is 5.87. The fourth-order valence-corrected chi connectivity index (χ4v) is 5.64. The van der Waals surface area contributed by atoms with Crippen molar-refractivity contribution in [2.24, 2.45) is 5.92 Å². The lowest BCUT2D eigenvalue weighted by Gasteiger charge is -2.52. The lowest BCUT2D eigenvalue weighted by molar-refractivity contribution is -0.161. The molecule has 0 aromatic heterocycles. The molecule has 2 N–H and O–H groups in total. The molecule has 2 amide bonds.